The molecule has 6 nitrogen and oxygen atoms in total. The zero-order valence-corrected chi connectivity index (χ0v) is 15.4. The summed E-state index contributed by atoms with van der Waals surface area (Å²) < 4.78 is 23.7. The van der Waals surface area contributed by atoms with Crippen LogP contribution in [0.5, 0.6) is 5.88 Å². The van der Waals surface area contributed by atoms with E-state index >= 15 is 0 Å². The van der Waals surface area contributed by atoms with Crippen LogP contribution in [0.1, 0.15) is 16.7 Å². The van der Waals surface area contributed by atoms with E-state index in [2.05, 4.69) is 20.6 Å². The van der Waals surface area contributed by atoms with Gasteiger partial charge in [-0.2, -0.15) is 0 Å². The lowest BCUT2D eigenvalue weighted by atomic mass is 10.1. The first-order valence-corrected chi connectivity index (χ1v) is 8.38. The highest BCUT2D eigenvalue weighted by molar-refractivity contribution is 5.79. The average Bonchev–Trinajstić information content (AvgIpc) is 2.66. The molecule has 1 heterocycles. The van der Waals surface area contributed by atoms with Crippen LogP contribution in [-0.4, -0.2) is 38.3 Å². The SMILES string of the molecule is CN=C(NCc1ccc(OCCOC)nc1)NCc1ccc(F)c(C)c1. The number of hydrogen-bond acceptors (Lipinski definition) is 4. The van der Waals surface area contributed by atoms with Crippen molar-refractivity contribution in [2.45, 2.75) is 20.0 Å². The fourth-order valence-corrected chi connectivity index (χ4v) is 2.24. The van der Waals surface area contributed by atoms with Crippen molar-refractivity contribution in [3.8, 4) is 5.88 Å². The molecule has 0 aliphatic carbocycles. The molecule has 2 aromatic rings. The number of benzene rings is 1. The maximum atomic E-state index is 13.3. The van der Waals surface area contributed by atoms with Gasteiger partial charge in [-0.25, -0.2) is 9.37 Å². The fraction of sp³-hybridized carbons (Fsp3) is 0.368. The standard InChI is InChI=1S/C19H25FN4O2/c1-14-10-15(4-6-17(14)20)11-23-19(21-2)24-13-16-5-7-18(22-12-16)26-9-8-25-3/h4-7,10,12H,8-9,11,13H2,1-3H3,(H2,21,23,24). The van der Waals surface area contributed by atoms with Crippen LogP contribution in [0.15, 0.2) is 41.5 Å². The quantitative estimate of drug-likeness (QED) is 0.430. The van der Waals surface area contributed by atoms with Crippen LogP contribution in [0.2, 0.25) is 0 Å². The summed E-state index contributed by atoms with van der Waals surface area (Å²) in [6.07, 6.45) is 1.76. The second-order valence-electron chi connectivity index (χ2n) is 5.71. The first-order valence-electron chi connectivity index (χ1n) is 8.38. The van der Waals surface area contributed by atoms with Gasteiger partial charge in [0, 0.05) is 39.5 Å². The Balaban J connectivity index is 1.80. The van der Waals surface area contributed by atoms with E-state index < -0.39 is 0 Å². The predicted molar refractivity (Wildman–Crippen MR) is 99.8 cm³/mol. The Kier molecular flexibility index (Phi) is 7.82. The van der Waals surface area contributed by atoms with Gasteiger partial charge in [0.25, 0.3) is 0 Å². The molecule has 0 radical (unpaired) electrons. The van der Waals surface area contributed by atoms with Crippen LogP contribution in [0.4, 0.5) is 4.39 Å². The van der Waals surface area contributed by atoms with E-state index in [0.29, 0.717) is 43.7 Å². The number of aryl methyl sites for hydroxylation is 1. The molecule has 0 aliphatic heterocycles. The van der Waals surface area contributed by atoms with Gasteiger partial charge in [0.05, 0.1) is 6.61 Å². The highest BCUT2D eigenvalue weighted by Crippen LogP contribution is 2.09. The third kappa shape index (κ3) is 6.33. The molecule has 0 bridgehead atoms. The van der Waals surface area contributed by atoms with Gasteiger partial charge in [-0.1, -0.05) is 18.2 Å². The average molecular weight is 360 g/mol. The lowest BCUT2D eigenvalue weighted by Gasteiger charge is -2.12. The molecule has 1 aromatic carbocycles. The summed E-state index contributed by atoms with van der Waals surface area (Å²) in [5, 5.41) is 6.42. The number of nitrogens with one attached hydrogen (secondary N) is 2. The fourth-order valence-electron chi connectivity index (χ4n) is 2.24. The van der Waals surface area contributed by atoms with Gasteiger partial charge in [0.1, 0.15) is 12.4 Å². The Labute approximate surface area is 153 Å². The van der Waals surface area contributed by atoms with E-state index in [1.165, 1.54) is 6.07 Å². The number of rotatable bonds is 8. The minimum absolute atomic E-state index is 0.196. The number of pyridine rings is 1. The van der Waals surface area contributed by atoms with Crippen molar-refractivity contribution in [3.05, 3.63) is 59.0 Å². The van der Waals surface area contributed by atoms with Crippen LogP contribution < -0.4 is 15.4 Å². The van der Waals surface area contributed by atoms with Gasteiger partial charge in [-0.05, 0) is 29.7 Å². The van der Waals surface area contributed by atoms with Crippen LogP contribution >= 0.6 is 0 Å². The molecular formula is C19H25FN4O2. The van der Waals surface area contributed by atoms with E-state index in [4.69, 9.17) is 9.47 Å². The largest absolute Gasteiger partial charge is 0.475 e. The van der Waals surface area contributed by atoms with E-state index in [1.54, 1.807) is 33.3 Å². The molecule has 0 atom stereocenters. The molecular weight excluding hydrogens is 335 g/mol. The van der Waals surface area contributed by atoms with Crippen LogP contribution in [0.25, 0.3) is 0 Å². The Morgan fingerprint density at radius 2 is 1.85 bits per heavy atom. The summed E-state index contributed by atoms with van der Waals surface area (Å²) in [5.41, 5.74) is 2.63. The molecule has 2 rings (SSSR count). The molecule has 0 amide bonds. The van der Waals surface area contributed by atoms with Gasteiger partial charge in [-0.3, -0.25) is 4.99 Å². The number of hydrogen-bond donors (Lipinski definition) is 2. The van der Waals surface area contributed by atoms with Crippen molar-refractivity contribution < 1.29 is 13.9 Å². The maximum Gasteiger partial charge on any atom is 0.213 e. The van der Waals surface area contributed by atoms with Crippen molar-refractivity contribution in [3.63, 3.8) is 0 Å². The van der Waals surface area contributed by atoms with Crippen LogP contribution in [0.3, 0.4) is 0 Å². The van der Waals surface area contributed by atoms with Crippen LogP contribution in [-0.2, 0) is 17.8 Å². The van der Waals surface area contributed by atoms with E-state index in [9.17, 15) is 4.39 Å². The number of methoxy groups -OCH3 is 1. The lowest BCUT2D eigenvalue weighted by Crippen LogP contribution is -2.36. The van der Waals surface area contributed by atoms with Crippen molar-refractivity contribution in [1.29, 1.82) is 0 Å². The summed E-state index contributed by atoms with van der Waals surface area (Å²) >= 11 is 0. The molecule has 0 spiro atoms. The maximum absolute atomic E-state index is 13.3. The molecule has 7 heteroatoms. The summed E-state index contributed by atoms with van der Waals surface area (Å²) in [6, 6.07) is 8.82. The molecule has 1 aromatic heterocycles. The number of halogens is 1. The second-order valence-corrected chi connectivity index (χ2v) is 5.71. The zero-order chi connectivity index (χ0) is 18.8. The normalized spacial score (nSPS) is 11.3. The third-order valence-corrected chi connectivity index (χ3v) is 3.70. The Morgan fingerprint density at radius 3 is 2.46 bits per heavy atom. The number of aliphatic imine (C=N–C) groups is 1. The minimum Gasteiger partial charge on any atom is -0.475 e. The number of nitrogens with zero attached hydrogens (tertiary/aromatic N) is 2. The Morgan fingerprint density at radius 1 is 1.12 bits per heavy atom. The number of ether oxygens (including phenoxy) is 2. The summed E-state index contributed by atoms with van der Waals surface area (Å²) in [5.74, 6) is 1.03. The smallest absolute Gasteiger partial charge is 0.213 e. The van der Waals surface area contributed by atoms with Crippen molar-refractivity contribution >= 4 is 5.96 Å². The minimum atomic E-state index is -0.196. The molecule has 0 fully saturated rings. The first-order chi connectivity index (χ1) is 12.6. The Hall–Kier alpha value is -2.67. The highest BCUT2D eigenvalue weighted by Gasteiger charge is 2.03. The van der Waals surface area contributed by atoms with Crippen molar-refractivity contribution in [1.82, 2.24) is 15.6 Å². The number of aromatic nitrogens is 1. The van der Waals surface area contributed by atoms with Crippen LogP contribution in [0, 0.1) is 12.7 Å². The molecule has 0 aliphatic rings. The van der Waals surface area contributed by atoms with E-state index in [-0.39, 0.29) is 5.82 Å². The monoisotopic (exact) mass is 360 g/mol. The van der Waals surface area contributed by atoms with Gasteiger partial charge >= 0.3 is 0 Å². The molecule has 0 saturated carbocycles. The summed E-state index contributed by atoms with van der Waals surface area (Å²) in [6.45, 7) is 3.89. The number of guanidine groups is 1. The third-order valence-electron chi connectivity index (χ3n) is 3.70. The second kappa shape index (κ2) is 10.4. The topological polar surface area (TPSA) is 67.8 Å². The van der Waals surface area contributed by atoms with Gasteiger partial charge in [-0.15, -0.1) is 0 Å². The van der Waals surface area contributed by atoms with Gasteiger partial charge in [0.2, 0.25) is 5.88 Å². The molecule has 140 valence electrons. The molecule has 0 saturated heterocycles. The van der Waals surface area contributed by atoms with Crippen molar-refractivity contribution in [2.24, 2.45) is 4.99 Å². The molecule has 2 N–H and O–H groups in total. The zero-order valence-electron chi connectivity index (χ0n) is 15.4. The molecule has 26 heavy (non-hydrogen) atoms. The highest BCUT2D eigenvalue weighted by atomic mass is 19.1. The van der Waals surface area contributed by atoms with E-state index in [1.807, 2.05) is 18.2 Å². The van der Waals surface area contributed by atoms with E-state index in [0.717, 1.165) is 11.1 Å². The first kappa shape index (κ1) is 19.7. The van der Waals surface area contributed by atoms with Gasteiger partial charge in [0.15, 0.2) is 5.96 Å². The lowest BCUT2D eigenvalue weighted by molar-refractivity contribution is 0.143. The summed E-state index contributed by atoms with van der Waals surface area (Å²) in [7, 11) is 3.33. The van der Waals surface area contributed by atoms with Gasteiger partial charge < -0.3 is 20.1 Å². The predicted octanol–water partition coefficient (Wildman–Crippen LogP) is 2.42. The summed E-state index contributed by atoms with van der Waals surface area (Å²) in [4.78, 5) is 8.44. The Bertz CT molecular complexity index is 720. The van der Waals surface area contributed by atoms with Crippen molar-refractivity contribution in [2.75, 3.05) is 27.4 Å². The molecule has 0 unspecified atom stereocenters.